The maximum atomic E-state index is 12.0. The first-order valence-corrected chi connectivity index (χ1v) is 7.80. The van der Waals surface area contributed by atoms with E-state index in [1.54, 1.807) is 6.92 Å². The van der Waals surface area contributed by atoms with Crippen molar-refractivity contribution in [2.24, 2.45) is 11.8 Å². The Morgan fingerprint density at radius 1 is 1.52 bits per heavy atom. The molecule has 7 heteroatoms. The van der Waals surface area contributed by atoms with E-state index in [2.05, 4.69) is 19.2 Å². The van der Waals surface area contributed by atoms with Crippen molar-refractivity contribution in [1.82, 2.24) is 5.32 Å². The maximum Gasteiger partial charge on any atom is 0.283 e. The summed E-state index contributed by atoms with van der Waals surface area (Å²) >= 11 is 1.13. The Balaban J connectivity index is 2.63. The first kappa shape index (κ1) is 17.6. The van der Waals surface area contributed by atoms with Crippen LogP contribution in [0.15, 0.2) is 6.07 Å². The molecule has 1 aromatic heterocycles. The monoisotopic (exact) mass is 314 g/mol. The number of nitrogens with one attached hydrogen (secondary N) is 1. The predicted molar refractivity (Wildman–Crippen MR) is 82.7 cm³/mol. The molecule has 0 aliphatic rings. The molecule has 0 bridgehead atoms. The van der Waals surface area contributed by atoms with Crippen molar-refractivity contribution in [2.45, 2.75) is 33.6 Å². The molecular weight excluding hydrogens is 292 g/mol. The number of nitrogens with zero attached hydrogens (tertiary/aromatic N) is 1. The van der Waals surface area contributed by atoms with Crippen LogP contribution in [0, 0.1) is 28.9 Å². The molecule has 1 unspecified atom stereocenters. The summed E-state index contributed by atoms with van der Waals surface area (Å²) in [6, 6.07) is 1.32. The first-order valence-electron chi connectivity index (χ1n) is 6.99. The highest BCUT2D eigenvalue weighted by Crippen LogP contribution is 2.28. The van der Waals surface area contributed by atoms with Crippen molar-refractivity contribution in [3.05, 3.63) is 25.9 Å². The number of aliphatic hydroxyl groups is 1. The van der Waals surface area contributed by atoms with Crippen molar-refractivity contribution < 1.29 is 14.8 Å². The highest BCUT2D eigenvalue weighted by molar-refractivity contribution is 7.14. The number of hydrogen-bond acceptors (Lipinski definition) is 5. The van der Waals surface area contributed by atoms with Crippen LogP contribution >= 0.6 is 11.3 Å². The summed E-state index contributed by atoms with van der Waals surface area (Å²) in [6.07, 6.45) is 1.56. The largest absolute Gasteiger partial charge is 0.396 e. The van der Waals surface area contributed by atoms with Gasteiger partial charge in [0.1, 0.15) is 0 Å². The van der Waals surface area contributed by atoms with Crippen molar-refractivity contribution in [1.29, 1.82) is 0 Å². The molecule has 21 heavy (non-hydrogen) atoms. The Bertz CT molecular complexity index is 499. The van der Waals surface area contributed by atoms with Gasteiger partial charge in [0, 0.05) is 19.2 Å². The fraction of sp³-hybridized carbons (Fsp3) is 0.643. The number of nitro groups is 1. The zero-order chi connectivity index (χ0) is 16.0. The van der Waals surface area contributed by atoms with Gasteiger partial charge in [0.2, 0.25) is 0 Å². The summed E-state index contributed by atoms with van der Waals surface area (Å²) in [5.41, 5.74) is -0.0146. The zero-order valence-corrected chi connectivity index (χ0v) is 13.4. The summed E-state index contributed by atoms with van der Waals surface area (Å²) in [5.74, 6) is 0.418. The van der Waals surface area contributed by atoms with E-state index in [9.17, 15) is 14.9 Å². The normalized spacial score (nSPS) is 12.4. The maximum absolute atomic E-state index is 12.0. The molecule has 1 amide bonds. The van der Waals surface area contributed by atoms with Crippen molar-refractivity contribution in [3.8, 4) is 0 Å². The number of aliphatic hydroxyl groups excluding tert-OH is 1. The minimum absolute atomic E-state index is 0.0146. The van der Waals surface area contributed by atoms with E-state index in [4.69, 9.17) is 5.11 Å². The Kier molecular flexibility index (Phi) is 6.77. The van der Waals surface area contributed by atoms with E-state index in [-0.39, 0.29) is 24.1 Å². The van der Waals surface area contributed by atoms with Crippen molar-refractivity contribution in [2.75, 3.05) is 13.2 Å². The van der Waals surface area contributed by atoms with Gasteiger partial charge < -0.3 is 10.4 Å². The molecule has 1 rings (SSSR count). The van der Waals surface area contributed by atoms with Crippen LogP contribution in [-0.4, -0.2) is 29.1 Å². The number of amides is 1. The third-order valence-electron chi connectivity index (χ3n) is 3.21. The van der Waals surface area contributed by atoms with E-state index >= 15 is 0 Å². The smallest absolute Gasteiger partial charge is 0.283 e. The molecule has 0 aliphatic carbocycles. The summed E-state index contributed by atoms with van der Waals surface area (Å²) < 4.78 is 0. The number of rotatable bonds is 8. The standard InChI is InChI=1S/C14H22N2O4S/c1-9(2)6-11(4-5-17)8-15-14(18)13-7-12(16(19)20)10(3)21-13/h7,9,11,17H,4-6,8H2,1-3H3,(H,15,18). The van der Waals surface area contributed by atoms with Gasteiger partial charge in [0.25, 0.3) is 11.6 Å². The van der Waals surface area contributed by atoms with Crippen LogP contribution < -0.4 is 5.32 Å². The first-order chi connectivity index (χ1) is 9.85. The molecule has 0 radical (unpaired) electrons. The van der Waals surface area contributed by atoms with Gasteiger partial charge in [-0.25, -0.2) is 0 Å². The molecule has 0 fully saturated rings. The van der Waals surface area contributed by atoms with Gasteiger partial charge in [0.15, 0.2) is 0 Å². The van der Waals surface area contributed by atoms with Crippen LogP contribution in [0.25, 0.3) is 0 Å². The fourth-order valence-electron chi connectivity index (χ4n) is 2.24. The molecule has 1 aromatic rings. The Morgan fingerprint density at radius 3 is 2.67 bits per heavy atom. The molecule has 0 spiro atoms. The second-order valence-corrected chi connectivity index (χ2v) is 6.78. The Hall–Kier alpha value is -1.47. The molecule has 0 saturated heterocycles. The van der Waals surface area contributed by atoms with Crippen LogP contribution in [0.3, 0.4) is 0 Å². The van der Waals surface area contributed by atoms with Crippen LogP contribution in [0.5, 0.6) is 0 Å². The van der Waals surface area contributed by atoms with Gasteiger partial charge in [-0.1, -0.05) is 13.8 Å². The average molecular weight is 314 g/mol. The third-order valence-corrected chi connectivity index (χ3v) is 4.24. The van der Waals surface area contributed by atoms with E-state index < -0.39 is 4.92 Å². The SMILES string of the molecule is Cc1sc(C(=O)NCC(CCO)CC(C)C)cc1[N+](=O)[O-]. The Morgan fingerprint density at radius 2 is 2.19 bits per heavy atom. The van der Waals surface area contributed by atoms with Crippen molar-refractivity contribution >= 4 is 22.9 Å². The third kappa shape index (κ3) is 5.43. The van der Waals surface area contributed by atoms with Gasteiger partial charge in [0.05, 0.1) is 14.7 Å². The zero-order valence-electron chi connectivity index (χ0n) is 12.6. The lowest BCUT2D eigenvalue weighted by atomic mass is 9.94. The van der Waals surface area contributed by atoms with E-state index in [0.29, 0.717) is 28.6 Å². The molecule has 6 nitrogen and oxygen atoms in total. The molecule has 118 valence electrons. The number of thiophene rings is 1. The minimum atomic E-state index is -0.476. The molecule has 2 N–H and O–H groups in total. The minimum Gasteiger partial charge on any atom is -0.396 e. The van der Waals surface area contributed by atoms with Crippen LogP contribution in [0.1, 0.15) is 41.2 Å². The summed E-state index contributed by atoms with van der Waals surface area (Å²) in [4.78, 5) is 23.2. The van der Waals surface area contributed by atoms with Crippen molar-refractivity contribution in [3.63, 3.8) is 0 Å². The topological polar surface area (TPSA) is 92.5 Å². The summed E-state index contributed by atoms with van der Waals surface area (Å²) in [6.45, 7) is 6.39. The van der Waals surface area contributed by atoms with Crippen LogP contribution in [0.4, 0.5) is 5.69 Å². The lowest BCUT2D eigenvalue weighted by molar-refractivity contribution is -0.385. The summed E-state index contributed by atoms with van der Waals surface area (Å²) in [5, 5.41) is 22.6. The van der Waals surface area contributed by atoms with Gasteiger partial charge in [-0.2, -0.15) is 0 Å². The molecule has 0 aromatic carbocycles. The predicted octanol–water partition coefficient (Wildman–Crippen LogP) is 2.74. The van der Waals surface area contributed by atoms with Crippen LogP contribution in [-0.2, 0) is 0 Å². The molecule has 1 heterocycles. The number of hydrogen-bond donors (Lipinski definition) is 2. The van der Waals surface area contributed by atoms with E-state index in [0.717, 1.165) is 17.8 Å². The Labute approximate surface area is 128 Å². The number of carbonyl (C=O) groups excluding carboxylic acids is 1. The van der Waals surface area contributed by atoms with E-state index in [1.165, 1.54) is 6.07 Å². The van der Waals surface area contributed by atoms with E-state index in [1.807, 2.05) is 0 Å². The molecule has 1 atom stereocenters. The summed E-state index contributed by atoms with van der Waals surface area (Å²) in [7, 11) is 0. The highest BCUT2D eigenvalue weighted by atomic mass is 32.1. The lowest BCUT2D eigenvalue weighted by Crippen LogP contribution is -2.29. The molecule has 0 aliphatic heterocycles. The van der Waals surface area contributed by atoms with Gasteiger partial charge >= 0.3 is 0 Å². The highest BCUT2D eigenvalue weighted by Gasteiger charge is 2.20. The quantitative estimate of drug-likeness (QED) is 0.570. The second kappa shape index (κ2) is 8.09. The average Bonchev–Trinajstić information content (AvgIpc) is 2.77. The van der Waals surface area contributed by atoms with Gasteiger partial charge in [-0.3, -0.25) is 14.9 Å². The van der Waals surface area contributed by atoms with Gasteiger partial charge in [-0.15, -0.1) is 11.3 Å². The second-order valence-electron chi connectivity index (χ2n) is 5.53. The number of aryl methyl sites for hydroxylation is 1. The fourth-order valence-corrected chi connectivity index (χ4v) is 3.15. The molecule has 0 saturated carbocycles. The molecular formula is C14H22N2O4S. The van der Waals surface area contributed by atoms with Gasteiger partial charge in [-0.05, 0) is 31.6 Å². The lowest BCUT2D eigenvalue weighted by Gasteiger charge is -2.18. The number of carbonyl (C=O) groups is 1. The van der Waals surface area contributed by atoms with Crippen LogP contribution in [0.2, 0.25) is 0 Å².